The fourth-order valence-corrected chi connectivity index (χ4v) is 4.19. The second-order valence-corrected chi connectivity index (χ2v) is 9.04. The van der Waals surface area contributed by atoms with Crippen molar-refractivity contribution in [3.8, 4) is 17.2 Å². The van der Waals surface area contributed by atoms with Gasteiger partial charge in [0.1, 0.15) is 17.2 Å². The van der Waals surface area contributed by atoms with Crippen molar-refractivity contribution in [1.82, 2.24) is 19.4 Å². The summed E-state index contributed by atoms with van der Waals surface area (Å²) in [5.74, 6) is -1.83. The molecule has 10 nitrogen and oxygen atoms in total. The predicted molar refractivity (Wildman–Crippen MR) is 146 cm³/mol. The normalized spacial score (nSPS) is 13.0. The molecule has 2 aromatic heterocycles. The second kappa shape index (κ2) is 11.5. The van der Waals surface area contributed by atoms with Gasteiger partial charge in [-0.25, -0.2) is 13.8 Å². The molecule has 1 amide bonds. The summed E-state index contributed by atoms with van der Waals surface area (Å²) in [6, 6.07) is 9.28. The number of aromatic nitrogens is 3. The zero-order valence-corrected chi connectivity index (χ0v) is 21.6. The van der Waals surface area contributed by atoms with Crippen LogP contribution in [0, 0.1) is 11.6 Å². The van der Waals surface area contributed by atoms with Crippen molar-refractivity contribution in [3.63, 3.8) is 0 Å². The lowest BCUT2D eigenvalue weighted by Gasteiger charge is -2.30. The van der Waals surface area contributed by atoms with Crippen LogP contribution < -0.4 is 25.7 Å². The number of anilines is 3. The Kier molecular flexibility index (Phi) is 7.69. The Morgan fingerprint density at radius 2 is 1.90 bits per heavy atom. The Morgan fingerprint density at radius 1 is 1.10 bits per heavy atom. The number of benzene rings is 2. The third kappa shape index (κ3) is 5.76. The highest BCUT2D eigenvalue weighted by molar-refractivity contribution is 5.99. The molecule has 206 valence electrons. The number of halogens is 2. The van der Waals surface area contributed by atoms with E-state index in [9.17, 15) is 18.4 Å². The largest absolute Gasteiger partial charge is 0.495 e. The summed E-state index contributed by atoms with van der Waals surface area (Å²) in [7, 11) is 1.50. The van der Waals surface area contributed by atoms with Gasteiger partial charge < -0.3 is 25.0 Å². The number of pyridine rings is 1. The maximum absolute atomic E-state index is 14.3. The first-order chi connectivity index (χ1) is 19.3. The lowest BCUT2D eigenvalue weighted by atomic mass is 10.2. The van der Waals surface area contributed by atoms with Crippen LogP contribution in [0.25, 0.3) is 11.0 Å². The van der Waals surface area contributed by atoms with Crippen molar-refractivity contribution in [2.75, 3.05) is 37.4 Å². The maximum Gasteiger partial charge on any atom is 0.295 e. The number of hydrogen-bond acceptors (Lipinski definition) is 8. The van der Waals surface area contributed by atoms with E-state index in [1.807, 2.05) is 0 Å². The summed E-state index contributed by atoms with van der Waals surface area (Å²) in [4.78, 5) is 36.4. The van der Waals surface area contributed by atoms with Gasteiger partial charge in [0.15, 0.2) is 17.3 Å². The topological polar surface area (TPSA) is 111 Å². The van der Waals surface area contributed by atoms with E-state index in [4.69, 9.17) is 9.47 Å². The molecule has 0 spiro atoms. The number of rotatable bonds is 10. The number of nitrogens with one attached hydrogen (secondary N) is 2. The Bertz CT molecular complexity index is 1650. The summed E-state index contributed by atoms with van der Waals surface area (Å²) in [6.45, 7) is 6.23. The molecule has 1 fully saturated rings. The Balaban J connectivity index is 1.52. The predicted octanol–water partition coefficient (Wildman–Crippen LogP) is 4.44. The van der Waals surface area contributed by atoms with Crippen LogP contribution in [-0.2, 0) is 11.3 Å². The van der Waals surface area contributed by atoms with E-state index >= 15 is 0 Å². The van der Waals surface area contributed by atoms with Crippen LogP contribution in [0.2, 0.25) is 0 Å². The van der Waals surface area contributed by atoms with Crippen molar-refractivity contribution < 1.29 is 23.0 Å². The number of carbonyl (C=O) groups excluding carboxylic acids is 1. The molecule has 0 radical (unpaired) electrons. The summed E-state index contributed by atoms with van der Waals surface area (Å²) in [5.41, 5.74) is 0.790. The van der Waals surface area contributed by atoms with Crippen LogP contribution in [0.3, 0.4) is 0 Å². The zero-order chi connectivity index (χ0) is 28.2. The first-order valence-corrected chi connectivity index (χ1v) is 12.5. The third-order valence-electron chi connectivity index (χ3n) is 6.40. The molecule has 3 heterocycles. The first kappa shape index (κ1) is 26.8. The molecule has 0 saturated carbocycles. The number of likely N-dealkylation sites (tertiary alicyclic amines) is 1. The molecule has 40 heavy (non-hydrogen) atoms. The van der Waals surface area contributed by atoms with Gasteiger partial charge in [-0.15, -0.1) is 0 Å². The summed E-state index contributed by atoms with van der Waals surface area (Å²) in [6.07, 6.45) is 3.76. The van der Waals surface area contributed by atoms with Gasteiger partial charge in [0.05, 0.1) is 12.8 Å². The van der Waals surface area contributed by atoms with E-state index in [1.165, 1.54) is 23.9 Å². The van der Waals surface area contributed by atoms with E-state index in [-0.39, 0.29) is 23.4 Å². The molecule has 2 N–H and O–H groups in total. The first-order valence-electron chi connectivity index (χ1n) is 12.5. The fourth-order valence-electron chi connectivity index (χ4n) is 4.19. The molecule has 0 aliphatic carbocycles. The Labute approximate surface area is 227 Å². The molecule has 12 heteroatoms. The van der Waals surface area contributed by atoms with E-state index < -0.39 is 17.2 Å². The van der Waals surface area contributed by atoms with Gasteiger partial charge in [0, 0.05) is 36.4 Å². The lowest BCUT2D eigenvalue weighted by Crippen LogP contribution is -2.40. The molecule has 0 bridgehead atoms. The van der Waals surface area contributed by atoms with E-state index in [1.54, 1.807) is 18.2 Å². The average Bonchev–Trinajstić information content (AvgIpc) is 2.91. The molecular weight excluding hydrogens is 522 g/mol. The number of methoxy groups -OCH3 is 1. The van der Waals surface area contributed by atoms with Crippen molar-refractivity contribution in [3.05, 3.63) is 83.3 Å². The highest BCUT2D eigenvalue weighted by Gasteiger charge is 2.19. The van der Waals surface area contributed by atoms with Gasteiger partial charge >= 0.3 is 0 Å². The zero-order valence-electron chi connectivity index (χ0n) is 21.6. The second-order valence-electron chi connectivity index (χ2n) is 9.04. The quantitative estimate of drug-likeness (QED) is 0.280. The van der Waals surface area contributed by atoms with E-state index in [0.29, 0.717) is 47.3 Å². The molecule has 1 saturated heterocycles. The Hall–Kier alpha value is -4.84. The number of amides is 1. The standard InChI is InChI=1S/C28H26F2N6O4/c1-3-25(37)32-19-6-8-23(39-2)21(15-19)33-28-31-16-17-13-24(40-22-7-5-18(29)14-20(22)30)27(38)36(26(17)34-28)12-11-35-9-4-10-35/h3,5-8,13-16H,1,4,9-12H2,2H3,(H,32,37)(H,31,33,34). The number of carbonyl (C=O) groups is 1. The summed E-state index contributed by atoms with van der Waals surface area (Å²) < 4.78 is 40.1. The van der Waals surface area contributed by atoms with Gasteiger partial charge in [-0.05, 0) is 62.0 Å². The molecule has 1 aliphatic heterocycles. The van der Waals surface area contributed by atoms with Crippen molar-refractivity contribution in [2.45, 2.75) is 13.0 Å². The Morgan fingerprint density at radius 3 is 2.60 bits per heavy atom. The van der Waals surface area contributed by atoms with E-state index in [0.717, 1.165) is 37.7 Å². The SMILES string of the molecule is C=CC(=O)Nc1ccc(OC)c(Nc2ncc3cc(Oc4ccc(F)cc4F)c(=O)n(CCN4CCC4)c3n2)c1. The highest BCUT2D eigenvalue weighted by Crippen LogP contribution is 2.31. The van der Waals surface area contributed by atoms with Crippen molar-refractivity contribution in [2.24, 2.45) is 0 Å². The molecular formula is C28H26F2N6O4. The minimum atomic E-state index is -0.928. The van der Waals surface area contributed by atoms with Crippen LogP contribution in [-0.4, -0.2) is 52.1 Å². The fraction of sp³-hybridized carbons (Fsp3) is 0.214. The summed E-state index contributed by atoms with van der Waals surface area (Å²) in [5, 5.41) is 6.24. The van der Waals surface area contributed by atoms with Crippen molar-refractivity contribution in [1.29, 1.82) is 0 Å². The van der Waals surface area contributed by atoms with Crippen molar-refractivity contribution >= 4 is 34.3 Å². The number of hydrogen-bond donors (Lipinski definition) is 2. The minimum Gasteiger partial charge on any atom is -0.495 e. The highest BCUT2D eigenvalue weighted by atomic mass is 19.1. The van der Waals surface area contributed by atoms with Crippen LogP contribution in [0.5, 0.6) is 17.2 Å². The maximum atomic E-state index is 14.3. The monoisotopic (exact) mass is 548 g/mol. The van der Waals surface area contributed by atoms with Gasteiger partial charge in [-0.1, -0.05) is 6.58 Å². The smallest absolute Gasteiger partial charge is 0.295 e. The third-order valence-corrected chi connectivity index (χ3v) is 6.40. The molecule has 2 aromatic carbocycles. The van der Waals surface area contributed by atoms with Crippen LogP contribution >= 0.6 is 0 Å². The number of ether oxygens (including phenoxy) is 2. The molecule has 5 rings (SSSR count). The van der Waals surface area contributed by atoms with Crippen LogP contribution in [0.1, 0.15) is 6.42 Å². The summed E-state index contributed by atoms with van der Waals surface area (Å²) >= 11 is 0. The lowest BCUT2D eigenvalue weighted by molar-refractivity contribution is -0.111. The molecule has 1 aliphatic rings. The van der Waals surface area contributed by atoms with Gasteiger partial charge in [-0.2, -0.15) is 4.98 Å². The molecule has 0 unspecified atom stereocenters. The van der Waals surface area contributed by atoms with Gasteiger partial charge in [-0.3, -0.25) is 14.2 Å². The van der Waals surface area contributed by atoms with Crippen LogP contribution in [0.15, 0.2) is 66.1 Å². The number of nitrogens with zero attached hydrogens (tertiary/aromatic N) is 4. The average molecular weight is 549 g/mol. The molecule has 4 aromatic rings. The molecule has 0 atom stereocenters. The van der Waals surface area contributed by atoms with Gasteiger partial charge in [0.2, 0.25) is 11.9 Å². The van der Waals surface area contributed by atoms with Gasteiger partial charge in [0.25, 0.3) is 5.56 Å². The number of fused-ring (bicyclic) bond motifs is 1. The van der Waals surface area contributed by atoms with E-state index in [2.05, 4.69) is 32.1 Å². The minimum absolute atomic E-state index is 0.141. The van der Waals surface area contributed by atoms with Crippen LogP contribution in [0.4, 0.5) is 26.1 Å².